The SMILES string of the molecule is Cc1ccc(O)c(NC(=O)CN2CCC(CO)CC2)n1. The third-order valence-corrected chi connectivity index (χ3v) is 3.60. The van der Waals surface area contributed by atoms with Crippen LogP contribution in [0.4, 0.5) is 5.82 Å². The van der Waals surface area contributed by atoms with E-state index in [1.165, 1.54) is 6.07 Å². The summed E-state index contributed by atoms with van der Waals surface area (Å²) < 4.78 is 0. The third kappa shape index (κ3) is 3.91. The van der Waals surface area contributed by atoms with Crippen molar-refractivity contribution >= 4 is 11.7 Å². The van der Waals surface area contributed by atoms with Gasteiger partial charge in [-0.05, 0) is 50.9 Å². The number of aliphatic hydroxyl groups is 1. The summed E-state index contributed by atoms with van der Waals surface area (Å²) >= 11 is 0. The van der Waals surface area contributed by atoms with Crippen LogP contribution in [-0.2, 0) is 4.79 Å². The largest absolute Gasteiger partial charge is 0.504 e. The quantitative estimate of drug-likeness (QED) is 0.757. The van der Waals surface area contributed by atoms with E-state index in [1.807, 2.05) is 4.90 Å². The molecule has 0 saturated carbocycles. The highest BCUT2D eigenvalue weighted by Gasteiger charge is 2.20. The minimum atomic E-state index is -0.180. The van der Waals surface area contributed by atoms with Crippen molar-refractivity contribution in [2.45, 2.75) is 19.8 Å². The number of aromatic hydroxyl groups is 1. The molecule has 2 heterocycles. The van der Waals surface area contributed by atoms with Crippen LogP contribution in [0.1, 0.15) is 18.5 Å². The molecule has 1 fully saturated rings. The van der Waals surface area contributed by atoms with Crippen LogP contribution < -0.4 is 5.32 Å². The number of nitrogens with one attached hydrogen (secondary N) is 1. The zero-order valence-electron chi connectivity index (χ0n) is 11.7. The van der Waals surface area contributed by atoms with Crippen molar-refractivity contribution in [3.8, 4) is 5.75 Å². The van der Waals surface area contributed by atoms with Gasteiger partial charge in [0.1, 0.15) is 0 Å². The summed E-state index contributed by atoms with van der Waals surface area (Å²) in [5.41, 5.74) is 0.738. The third-order valence-electron chi connectivity index (χ3n) is 3.60. The van der Waals surface area contributed by atoms with Crippen molar-refractivity contribution in [1.29, 1.82) is 0 Å². The highest BCUT2D eigenvalue weighted by molar-refractivity contribution is 5.92. The Balaban J connectivity index is 1.85. The fraction of sp³-hybridized carbons (Fsp3) is 0.571. The van der Waals surface area contributed by atoms with E-state index in [0.29, 0.717) is 5.92 Å². The second-order valence-electron chi connectivity index (χ2n) is 5.27. The molecular formula is C14H21N3O3. The summed E-state index contributed by atoms with van der Waals surface area (Å²) in [6.45, 7) is 3.93. The Morgan fingerprint density at radius 2 is 2.15 bits per heavy atom. The summed E-state index contributed by atoms with van der Waals surface area (Å²) in [5, 5.41) is 21.3. The standard InChI is InChI=1S/C14H21N3O3/c1-10-2-3-12(19)14(15-10)16-13(20)8-17-6-4-11(9-18)5-7-17/h2-3,11,18-19H,4-9H2,1H3,(H,15,16,20). The van der Waals surface area contributed by atoms with Crippen molar-refractivity contribution < 1.29 is 15.0 Å². The van der Waals surface area contributed by atoms with Gasteiger partial charge in [0.25, 0.3) is 0 Å². The second kappa shape index (κ2) is 6.67. The van der Waals surface area contributed by atoms with Crippen molar-refractivity contribution in [2.24, 2.45) is 5.92 Å². The van der Waals surface area contributed by atoms with Crippen LogP contribution in [0.3, 0.4) is 0 Å². The molecule has 0 atom stereocenters. The van der Waals surface area contributed by atoms with E-state index in [1.54, 1.807) is 13.0 Å². The van der Waals surface area contributed by atoms with Crippen molar-refractivity contribution in [1.82, 2.24) is 9.88 Å². The Morgan fingerprint density at radius 1 is 1.45 bits per heavy atom. The van der Waals surface area contributed by atoms with Gasteiger partial charge in [-0.1, -0.05) is 0 Å². The Kier molecular flexibility index (Phi) is 4.92. The van der Waals surface area contributed by atoms with E-state index >= 15 is 0 Å². The van der Waals surface area contributed by atoms with Gasteiger partial charge in [-0.15, -0.1) is 0 Å². The van der Waals surface area contributed by atoms with Crippen LogP contribution in [0.15, 0.2) is 12.1 Å². The lowest BCUT2D eigenvalue weighted by molar-refractivity contribution is -0.117. The van der Waals surface area contributed by atoms with Crippen LogP contribution in [-0.4, -0.2) is 52.2 Å². The number of amides is 1. The van der Waals surface area contributed by atoms with E-state index in [-0.39, 0.29) is 30.6 Å². The van der Waals surface area contributed by atoms with Crippen LogP contribution in [0.2, 0.25) is 0 Å². The van der Waals surface area contributed by atoms with E-state index in [4.69, 9.17) is 5.11 Å². The number of likely N-dealkylation sites (tertiary alicyclic amines) is 1. The number of hydrogen-bond donors (Lipinski definition) is 3. The van der Waals surface area contributed by atoms with E-state index in [2.05, 4.69) is 10.3 Å². The maximum absolute atomic E-state index is 11.9. The smallest absolute Gasteiger partial charge is 0.239 e. The summed E-state index contributed by atoms with van der Waals surface area (Å²) in [4.78, 5) is 18.1. The summed E-state index contributed by atoms with van der Waals surface area (Å²) in [7, 11) is 0. The number of hydrogen-bond acceptors (Lipinski definition) is 5. The molecule has 1 saturated heterocycles. The van der Waals surface area contributed by atoms with E-state index in [9.17, 15) is 9.90 Å². The normalized spacial score (nSPS) is 17.1. The first-order valence-corrected chi connectivity index (χ1v) is 6.88. The Bertz CT molecular complexity index is 471. The lowest BCUT2D eigenvalue weighted by Gasteiger charge is -2.30. The maximum atomic E-state index is 11.9. The van der Waals surface area contributed by atoms with Crippen molar-refractivity contribution in [3.05, 3.63) is 17.8 Å². The molecule has 1 aromatic heterocycles. The predicted molar refractivity (Wildman–Crippen MR) is 75.5 cm³/mol. The van der Waals surface area contributed by atoms with Crippen LogP contribution in [0, 0.1) is 12.8 Å². The molecule has 6 heteroatoms. The van der Waals surface area contributed by atoms with Gasteiger partial charge in [0.15, 0.2) is 11.6 Å². The number of pyridine rings is 1. The van der Waals surface area contributed by atoms with Gasteiger partial charge in [-0.25, -0.2) is 4.98 Å². The first kappa shape index (κ1) is 14.7. The summed E-state index contributed by atoms with van der Waals surface area (Å²) in [5.74, 6) is 0.362. The number of anilines is 1. The zero-order chi connectivity index (χ0) is 14.5. The molecule has 2 rings (SSSR count). The minimum Gasteiger partial charge on any atom is -0.504 e. The number of carbonyl (C=O) groups is 1. The first-order chi connectivity index (χ1) is 9.58. The fourth-order valence-corrected chi connectivity index (χ4v) is 2.34. The highest BCUT2D eigenvalue weighted by atomic mass is 16.3. The monoisotopic (exact) mass is 279 g/mol. The molecular weight excluding hydrogens is 258 g/mol. The van der Waals surface area contributed by atoms with Gasteiger partial charge < -0.3 is 15.5 Å². The Labute approximate surface area is 118 Å². The zero-order valence-corrected chi connectivity index (χ0v) is 11.7. The van der Waals surface area contributed by atoms with E-state index in [0.717, 1.165) is 31.6 Å². The number of aryl methyl sites for hydroxylation is 1. The van der Waals surface area contributed by atoms with Gasteiger partial charge in [0, 0.05) is 12.3 Å². The fourth-order valence-electron chi connectivity index (χ4n) is 2.34. The maximum Gasteiger partial charge on any atom is 0.239 e. The van der Waals surface area contributed by atoms with Gasteiger partial charge >= 0.3 is 0 Å². The molecule has 0 aromatic carbocycles. The van der Waals surface area contributed by atoms with Crippen molar-refractivity contribution in [3.63, 3.8) is 0 Å². The molecule has 3 N–H and O–H groups in total. The molecule has 0 aliphatic carbocycles. The number of rotatable bonds is 4. The predicted octanol–water partition coefficient (Wildman–Crippen LogP) is 0.738. The molecule has 20 heavy (non-hydrogen) atoms. The Morgan fingerprint density at radius 3 is 2.80 bits per heavy atom. The van der Waals surface area contributed by atoms with Gasteiger partial charge in [0.2, 0.25) is 5.91 Å². The molecule has 1 aliphatic rings. The summed E-state index contributed by atoms with van der Waals surface area (Å²) in [6.07, 6.45) is 1.83. The van der Waals surface area contributed by atoms with Gasteiger partial charge in [-0.3, -0.25) is 9.69 Å². The molecule has 1 aromatic rings. The molecule has 0 spiro atoms. The molecule has 6 nitrogen and oxygen atoms in total. The molecule has 1 aliphatic heterocycles. The molecule has 1 amide bonds. The number of nitrogens with zero attached hydrogens (tertiary/aromatic N) is 2. The number of carbonyl (C=O) groups excluding carboxylic acids is 1. The van der Waals surface area contributed by atoms with Crippen LogP contribution in [0.25, 0.3) is 0 Å². The highest BCUT2D eigenvalue weighted by Crippen LogP contribution is 2.20. The van der Waals surface area contributed by atoms with E-state index < -0.39 is 0 Å². The van der Waals surface area contributed by atoms with Gasteiger partial charge in [0.05, 0.1) is 6.54 Å². The topological polar surface area (TPSA) is 85.7 Å². The average molecular weight is 279 g/mol. The molecule has 0 unspecified atom stereocenters. The summed E-state index contributed by atoms with van der Waals surface area (Å²) in [6, 6.07) is 3.20. The Hall–Kier alpha value is -1.66. The minimum absolute atomic E-state index is 0.0251. The number of aliphatic hydroxyl groups excluding tert-OH is 1. The lowest BCUT2D eigenvalue weighted by atomic mass is 9.98. The van der Waals surface area contributed by atoms with Crippen LogP contribution >= 0.6 is 0 Å². The second-order valence-corrected chi connectivity index (χ2v) is 5.27. The lowest BCUT2D eigenvalue weighted by Crippen LogP contribution is -2.39. The first-order valence-electron chi connectivity index (χ1n) is 6.88. The van der Waals surface area contributed by atoms with Crippen molar-refractivity contribution in [2.75, 3.05) is 31.6 Å². The van der Waals surface area contributed by atoms with Crippen LogP contribution in [0.5, 0.6) is 5.75 Å². The average Bonchev–Trinajstić information content (AvgIpc) is 2.43. The number of piperidine rings is 1. The molecule has 0 bridgehead atoms. The van der Waals surface area contributed by atoms with Gasteiger partial charge in [-0.2, -0.15) is 0 Å². The molecule has 0 radical (unpaired) electrons. The number of aromatic nitrogens is 1. The molecule has 110 valence electrons.